The Morgan fingerprint density at radius 2 is 2.20 bits per heavy atom. The van der Waals surface area contributed by atoms with Gasteiger partial charge in [0.1, 0.15) is 12.1 Å². The number of nitrogens with zero attached hydrogens (tertiary/aromatic N) is 4. The van der Waals surface area contributed by atoms with E-state index >= 15 is 0 Å². The van der Waals surface area contributed by atoms with Crippen molar-refractivity contribution in [1.82, 2.24) is 19.5 Å². The van der Waals surface area contributed by atoms with Crippen molar-refractivity contribution in [3.8, 4) is 0 Å². The molecule has 0 unspecified atom stereocenters. The molecule has 102 valence electrons. The van der Waals surface area contributed by atoms with Crippen LogP contribution in [0.3, 0.4) is 0 Å². The molecule has 2 aromatic heterocycles. The van der Waals surface area contributed by atoms with Crippen LogP contribution in [0.5, 0.6) is 0 Å². The van der Waals surface area contributed by atoms with Crippen molar-refractivity contribution in [2.75, 3.05) is 11.9 Å². The topological polar surface area (TPSA) is 55.6 Å². The lowest BCUT2D eigenvalue weighted by Gasteiger charge is -2.08. The number of nitrogens with one attached hydrogen (secondary N) is 1. The first-order chi connectivity index (χ1) is 9.83. The van der Waals surface area contributed by atoms with Gasteiger partial charge >= 0.3 is 0 Å². The Morgan fingerprint density at radius 1 is 1.25 bits per heavy atom. The number of hydrogen-bond donors (Lipinski definition) is 1. The maximum Gasteiger partial charge on any atom is 0.137 e. The van der Waals surface area contributed by atoms with Crippen molar-refractivity contribution >= 4 is 28.3 Å². The summed E-state index contributed by atoms with van der Waals surface area (Å²) >= 11 is 6.03. The average molecular weight is 288 g/mol. The van der Waals surface area contributed by atoms with Gasteiger partial charge < -0.3 is 9.88 Å². The molecule has 2 heterocycles. The molecule has 0 aliphatic rings. The normalized spacial score (nSPS) is 10.8. The molecule has 0 aliphatic heterocycles. The molecule has 20 heavy (non-hydrogen) atoms. The van der Waals surface area contributed by atoms with Crippen LogP contribution in [0.2, 0.25) is 5.02 Å². The maximum absolute atomic E-state index is 6.03. The highest BCUT2D eigenvalue weighted by Crippen LogP contribution is 2.22. The van der Waals surface area contributed by atoms with Gasteiger partial charge in [-0.2, -0.15) is 0 Å². The summed E-state index contributed by atoms with van der Waals surface area (Å²) in [7, 11) is 0. The second kappa shape index (κ2) is 5.88. The van der Waals surface area contributed by atoms with Gasteiger partial charge in [0.05, 0.1) is 11.8 Å². The van der Waals surface area contributed by atoms with Gasteiger partial charge in [-0.15, -0.1) is 0 Å². The molecule has 0 atom stereocenters. The number of hydrogen-bond acceptors (Lipinski definition) is 4. The lowest BCUT2D eigenvalue weighted by atomic mass is 10.2. The summed E-state index contributed by atoms with van der Waals surface area (Å²) in [5.74, 6) is 0.822. The van der Waals surface area contributed by atoms with Crippen molar-refractivity contribution in [1.29, 1.82) is 0 Å². The Bertz CT molecular complexity index is 696. The zero-order valence-corrected chi connectivity index (χ0v) is 11.6. The Balaban J connectivity index is 1.66. The molecule has 0 fully saturated rings. The number of aryl methyl sites for hydroxylation is 1. The van der Waals surface area contributed by atoms with Gasteiger partial charge in [0.15, 0.2) is 0 Å². The third-order valence-corrected chi connectivity index (χ3v) is 3.28. The summed E-state index contributed by atoms with van der Waals surface area (Å²) < 4.78 is 2.05. The molecule has 0 aliphatic carbocycles. The van der Waals surface area contributed by atoms with Gasteiger partial charge in [-0.1, -0.05) is 11.6 Å². The fraction of sp³-hybridized carbons (Fsp3) is 0.214. The van der Waals surface area contributed by atoms with E-state index in [1.54, 1.807) is 12.5 Å². The average Bonchev–Trinajstić information content (AvgIpc) is 2.97. The zero-order chi connectivity index (χ0) is 13.8. The van der Waals surface area contributed by atoms with E-state index in [-0.39, 0.29) is 0 Å². The van der Waals surface area contributed by atoms with Crippen LogP contribution in [0.4, 0.5) is 5.82 Å². The van der Waals surface area contributed by atoms with E-state index in [1.807, 2.05) is 30.7 Å². The molecule has 1 N–H and O–H groups in total. The molecule has 0 amide bonds. The monoisotopic (exact) mass is 287 g/mol. The van der Waals surface area contributed by atoms with Crippen LogP contribution in [-0.2, 0) is 6.54 Å². The van der Waals surface area contributed by atoms with Crippen molar-refractivity contribution < 1.29 is 0 Å². The van der Waals surface area contributed by atoms with E-state index in [9.17, 15) is 0 Å². The predicted molar refractivity (Wildman–Crippen MR) is 79.9 cm³/mol. The summed E-state index contributed by atoms with van der Waals surface area (Å²) in [4.78, 5) is 12.5. The molecule has 6 heteroatoms. The van der Waals surface area contributed by atoms with Gasteiger partial charge in [0.25, 0.3) is 0 Å². The zero-order valence-electron chi connectivity index (χ0n) is 10.8. The first kappa shape index (κ1) is 12.9. The summed E-state index contributed by atoms with van der Waals surface area (Å²) in [6.07, 6.45) is 8.12. The number of aromatic nitrogens is 4. The van der Waals surface area contributed by atoms with Crippen LogP contribution in [0, 0.1) is 0 Å². The molecule has 3 rings (SSSR count). The van der Waals surface area contributed by atoms with Crippen LogP contribution in [0.15, 0.2) is 43.2 Å². The fourth-order valence-electron chi connectivity index (χ4n) is 2.06. The predicted octanol–water partition coefficient (Wildman–Crippen LogP) is 2.98. The van der Waals surface area contributed by atoms with Gasteiger partial charge in [-0.25, -0.2) is 15.0 Å². The molecular formula is C14H14ClN5. The van der Waals surface area contributed by atoms with Crippen LogP contribution >= 0.6 is 11.6 Å². The maximum atomic E-state index is 6.03. The van der Waals surface area contributed by atoms with Gasteiger partial charge in [-0.05, 0) is 24.6 Å². The molecular weight excluding hydrogens is 274 g/mol. The summed E-state index contributed by atoms with van der Waals surface area (Å²) in [5.41, 5.74) is 0.890. The van der Waals surface area contributed by atoms with E-state index in [4.69, 9.17) is 11.6 Å². The Labute approximate surface area is 121 Å². The first-order valence-electron chi connectivity index (χ1n) is 6.43. The minimum Gasteiger partial charge on any atom is -0.369 e. The number of fused-ring (bicyclic) bond motifs is 1. The van der Waals surface area contributed by atoms with Crippen LogP contribution in [0.1, 0.15) is 6.42 Å². The lowest BCUT2D eigenvalue weighted by Crippen LogP contribution is -2.07. The van der Waals surface area contributed by atoms with Crippen LogP contribution in [-0.4, -0.2) is 26.1 Å². The molecule has 3 aromatic rings. The van der Waals surface area contributed by atoms with E-state index in [0.717, 1.165) is 36.2 Å². The molecule has 5 nitrogen and oxygen atoms in total. The van der Waals surface area contributed by atoms with E-state index in [1.165, 1.54) is 0 Å². The van der Waals surface area contributed by atoms with E-state index in [0.29, 0.717) is 5.02 Å². The fourth-order valence-corrected chi connectivity index (χ4v) is 2.23. The van der Waals surface area contributed by atoms with Gasteiger partial charge in [0.2, 0.25) is 0 Å². The van der Waals surface area contributed by atoms with Crippen LogP contribution in [0.25, 0.3) is 10.9 Å². The number of benzene rings is 1. The van der Waals surface area contributed by atoms with Crippen molar-refractivity contribution in [2.45, 2.75) is 13.0 Å². The minimum absolute atomic E-state index is 0.689. The highest BCUT2D eigenvalue weighted by atomic mass is 35.5. The second-order valence-electron chi connectivity index (χ2n) is 4.46. The molecule has 0 bridgehead atoms. The summed E-state index contributed by atoms with van der Waals surface area (Å²) in [6.45, 7) is 1.76. The lowest BCUT2D eigenvalue weighted by molar-refractivity contribution is 0.660. The molecule has 0 saturated carbocycles. The first-order valence-corrected chi connectivity index (χ1v) is 6.80. The van der Waals surface area contributed by atoms with Crippen molar-refractivity contribution in [3.05, 3.63) is 48.3 Å². The number of imidazole rings is 1. The largest absolute Gasteiger partial charge is 0.369 e. The third kappa shape index (κ3) is 2.88. The summed E-state index contributed by atoms with van der Waals surface area (Å²) in [6, 6.07) is 5.62. The number of anilines is 1. The Hall–Kier alpha value is -2.14. The van der Waals surface area contributed by atoms with Crippen molar-refractivity contribution in [2.24, 2.45) is 0 Å². The van der Waals surface area contributed by atoms with Crippen molar-refractivity contribution in [3.63, 3.8) is 0 Å². The SMILES string of the molecule is Clc1ccc2ncnc(NCCCn3ccnc3)c2c1. The molecule has 0 radical (unpaired) electrons. The highest BCUT2D eigenvalue weighted by molar-refractivity contribution is 6.31. The molecule has 1 aromatic carbocycles. The molecule has 0 saturated heterocycles. The van der Waals surface area contributed by atoms with E-state index < -0.39 is 0 Å². The highest BCUT2D eigenvalue weighted by Gasteiger charge is 2.03. The summed E-state index contributed by atoms with van der Waals surface area (Å²) in [5, 5.41) is 4.97. The standard InChI is InChI=1S/C14H14ClN5/c15-11-2-3-13-12(8-11)14(19-9-18-13)17-4-1-6-20-7-5-16-10-20/h2-3,5,7-10H,1,4,6H2,(H,17,18,19). The Kier molecular flexibility index (Phi) is 3.78. The number of rotatable bonds is 5. The smallest absolute Gasteiger partial charge is 0.137 e. The quantitative estimate of drug-likeness (QED) is 0.733. The molecule has 0 spiro atoms. The Morgan fingerprint density at radius 3 is 3.05 bits per heavy atom. The van der Waals surface area contributed by atoms with Gasteiger partial charge in [-0.3, -0.25) is 0 Å². The van der Waals surface area contributed by atoms with Crippen LogP contribution < -0.4 is 5.32 Å². The third-order valence-electron chi connectivity index (χ3n) is 3.04. The minimum atomic E-state index is 0.689. The van der Waals surface area contributed by atoms with E-state index in [2.05, 4.69) is 24.8 Å². The van der Waals surface area contributed by atoms with Gasteiger partial charge in [0, 0.05) is 35.9 Å². The number of halogens is 1. The second-order valence-corrected chi connectivity index (χ2v) is 4.90.